The number of H-pyrrole nitrogens is 2. The van der Waals surface area contributed by atoms with Crippen molar-refractivity contribution in [3.8, 4) is 0 Å². The van der Waals surface area contributed by atoms with Crippen molar-refractivity contribution in [2.45, 2.75) is 44.3 Å². The van der Waals surface area contributed by atoms with Crippen LogP contribution in [-0.4, -0.2) is 44.8 Å². The molecule has 2 unspecified atom stereocenters. The number of rotatable bonds is 12. The zero-order chi connectivity index (χ0) is 22.9. The number of nitrogens with one attached hydrogen (secondary N) is 4. The summed E-state index contributed by atoms with van der Waals surface area (Å²) >= 11 is 0. The predicted molar refractivity (Wildman–Crippen MR) is 121 cm³/mol. The third kappa shape index (κ3) is 6.53. The summed E-state index contributed by atoms with van der Waals surface area (Å²) in [5, 5.41) is 22.2. The maximum Gasteiger partial charge on any atom is 0.326 e. The monoisotopic (exact) mass is 438 g/mol. The lowest BCUT2D eigenvalue weighted by Crippen LogP contribution is -2.41. The number of hydrogen-bond donors (Lipinski definition) is 6. The van der Waals surface area contributed by atoms with Crippen molar-refractivity contribution >= 4 is 11.9 Å². The van der Waals surface area contributed by atoms with Crippen molar-refractivity contribution in [2.75, 3.05) is 6.54 Å². The topological polar surface area (TPSA) is 149 Å². The molecule has 0 fully saturated rings. The highest BCUT2D eigenvalue weighted by atomic mass is 16.4. The molecule has 0 saturated carbocycles. The van der Waals surface area contributed by atoms with Crippen LogP contribution in [-0.2, 0) is 11.2 Å². The van der Waals surface area contributed by atoms with Crippen LogP contribution in [0.1, 0.15) is 59.2 Å². The van der Waals surface area contributed by atoms with E-state index >= 15 is 0 Å². The molecule has 1 aromatic carbocycles. The summed E-state index contributed by atoms with van der Waals surface area (Å²) < 4.78 is 0. The fourth-order valence-electron chi connectivity index (χ4n) is 3.48. The first kappa shape index (κ1) is 23.2. The highest BCUT2D eigenvalue weighted by Gasteiger charge is 2.20. The van der Waals surface area contributed by atoms with Crippen LogP contribution in [0.5, 0.6) is 0 Å². The molecule has 2 aromatic heterocycles. The highest BCUT2D eigenvalue weighted by molar-refractivity contribution is 5.96. The van der Waals surface area contributed by atoms with Crippen molar-refractivity contribution < 1.29 is 14.7 Å². The van der Waals surface area contributed by atoms with E-state index in [2.05, 4.69) is 25.8 Å². The van der Waals surface area contributed by atoms with Gasteiger partial charge in [0.15, 0.2) is 0 Å². The molecule has 3 aromatic rings. The van der Waals surface area contributed by atoms with E-state index in [4.69, 9.17) is 5.73 Å². The summed E-state index contributed by atoms with van der Waals surface area (Å²) in [7, 11) is 0. The zero-order valence-corrected chi connectivity index (χ0v) is 18.0. The molecule has 3 rings (SSSR count). The number of carbonyl (C=O) groups is 2. The molecule has 3 atom stereocenters. The summed E-state index contributed by atoms with van der Waals surface area (Å²) in [5.41, 5.74) is 9.50. The van der Waals surface area contributed by atoms with Gasteiger partial charge in [-0.3, -0.25) is 9.89 Å². The summed E-state index contributed by atoms with van der Waals surface area (Å²) in [5.74, 6) is -1.47. The molecule has 0 radical (unpaired) electrons. The Balaban J connectivity index is 1.47. The fraction of sp³-hybridized carbons (Fsp3) is 0.348. The van der Waals surface area contributed by atoms with Crippen LogP contribution in [0.25, 0.3) is 0 Å². The zero-order valence-electron chi connectivity index (χ0n) is 18.0. The Morgan fingerprint density at radius 2 is 1.97 bits per heavy atom. The second-order valence-corrected chi connectivity index (χ2v) is 7.82. The van der Waals surface area contributed by atoms with E-state index in [1.165, 1.54) is 0 Å². The minimum Gasteiger partial charge on any atom is -0.480 e. The van der Waals surface area contributed by atoms with Crippen LogP contribution in [0.3, 0.4) is 0 Å². The summed E-state index contributed by atoms with van der Waals surface area (Å²) in [6, 6.07) is 11.6. The molecule has 0 aliphatic heterocycles. The Morgan fingerprint density at radius 1 is 1.19 bits per heavy atom. The van der Waals surface area contributed by atoms with Gasteiger partial charge in [0.25, 0.3) is 5.91 Å². The van der Waals surface area contributed by atoms with Crippen LogP contribution in [0, 0.1) is 0 Å². The lowest BCUT2D eigenvalue weighted by molar-refractivity contribution is -0.139. The molecule has 0 bridgehead atoms. The van der Waals surface area contributed by atoms with Gasteiger partial charge in [-0.25, -0.2) is 4.79 Å². The van der Waals surface area contributed by atoms with Crippen molar-refractivity contribution in [1.82, 2.24) is 25.8 Å². The van der Waals surface area contributed by atoms with E-state index in [9.17, 15) is 14.7 Å². The average Bonchev–Trinajstić information content (AvgIpc) is 3.50. The maximum absolute atomic E-state index is 12.6. The molecule has 0 aliphatic carbocycles. The molecule has 32 heavy (non-hydrogen) atoms. The number of hydrogen-bond acceptors (Lipinski definition) is 5. The Bertz CT molecular complexity index is 970. The minimum absolute atomic E-state index is 0.140. The minimum atomic E-state index is -1.05. The third-order valence-corrected chi connectivity index (χ3v) is 5.41. The molecule has 170 valence electrons. The average molecular weight is 439 g/mol. The summed E-state index contributed by atoms with van der Waals surface area (Å²) in [6.07, 6.45) is 5.08. The van der Waals surface area contributed by atoms with Gasteiger partial charge >= 0.3 is 5.97 Å². The number of aliphatic carboxylic acids is 1. The van der Waals surface area contributed by atoms with Crippen molar-refractivity contribution in [2.24, 2.45) is 5.73 Å². The number of carboxylic acids is 1. The number of aromatic amines is 2. The van der Waals surface area contributed by atoms with Crippen molar-refractivity contribution in [3.05, 3.63) is 77.4 Å². The van der Waals surface area contributed by atoms with Gasteiger partial charge in [0.05, 0.1) is 0 Å². The van der Waals surface area contributed by atoms with Gasteiger partial charge in [-0.2, -0.15) is 5.10 Å². The quantitative estimate of drug-likeness (QED) is 0.239. The predicted octanol–water partition coefficient (Wildman–Crippen LogP) is 2.29. The summed E-state index contributed by atoms with van der Waals surface area (Å²) in [6.45, 7) is 2.68. The smallest absolute Gasteiger partial charge is 0.326 e. The Morgan fingerprint density at radius 3 is 2.59 bits per heavy atom. The largest absolute Gasteiger partial charge is 0.480 e. The van der Waals surface area contributed by atoms with Gasteiger partial charge in [0.2, 0.25) is 0 Å². The SMILES string of the molecule is CC(NCCC[C@H](NC(=O)c1ccc(C(N)Cc2ccn[nH]2)cc1)C(=O)O)c1ccc[nH]1. The van der Waals surface area contributed by atoms with Gasteiger partial charge in [-0.05, 0) is 62.2 Å². The first-order valence-corrected chi connectivity index (χ1v) is 10.7. The van der Waals surface area contributed by atoms with Gasteiger partial charge in [0, 0.05) is 47.8 Å². The van der Waals surface area contributed by atoms with E-state index in [1.807, 2.05) is 31.3 Å². The molecular weight excluding hydrogens is 408 g/mol. The number of carboxylic acid groups (broad SMARTS) is 1. The lowest BCUT2D eigenvalue weighted by Gasteiger charge is -2.17. The molecule has 1 amide bonds. The first-order valence-electron chi connectivity index (χ1n) is 10.7. The molecular formula is C23H30N6O3. The highest BCUT2D eigenvalue weighted by Crippen LogP contribution is 2.16. The number of nitrogens with zero attached hydrogens (tertiary/aromatic N) is 1. The summed E-state index contributed by atoms with van der Waals surface area (Å²) in [4.78, 5) is 27.3. The molecule has 2 heterocycles. The fourth-order valence-corrected chi connectivity index (χ4v) is 3.48. The molecule has 0 aliphatic rings. The second kappa shape index (κ2) is 11.3. The number of carbonyl (C=O) groups excluding carboxylic acids is 1. The van der Waals surface area contributed by atoms with E-state index in [1.54, 1.807) is 30.5 Å². The maximum atomic E-state index is 12.6. The van der Waals surface area contributed by atoms with Crippen LogP contribution in [0.4, 0.5) is 0 Å². The third-order valence-electron chi connectivity index (χ3n) is 5.41. The molecule has 9 nitrogen and oxygen atoms in total. The van der Waals surface area contributed by atoms with E-state index in [-0.39, 0.29) is 12.1 Å². The Hall–Kier alpha value is -3.43. The van der Waals surface area contributed by atoms with E-state index in [0.717, 1.165) is 17.0 Å². The van der Waals surface area contributed by atoms with Crippen LogP contribution in [0.15, 0.2) is 54.9 Å². The number of nitrogens with two attached hydrogens (primary N) is 1. The van der Waals surface area contributed by atoms with Gasteiger partial charge in [0.1, 0.15) is 6.04 Å². The standard InChI is InChI=1S/C23H30N6O3/c1-15(20-4-2-12-26-20)25-11-3-5-21(23(31)32)28-22(30)17-8-6-16(7-9-17)19(24)14-18-10-13-27-29-18/h2,4,6-10,12-13,15,19,21,25-26H,3,5,11,14,24H2,1H3,(H,27,29)(H,28,30)(H,31,32)/t15?,19?,21-/m0/s1. The first-order chi connectivity index (χ1) is 15.4. The lowest BCUT2D eigenvalue weighted by atomic mass is 10.0. The van der Waals surface area contributed by atoms with Gasteiger partial charge in [-0.15, -0.1) is 0 Å². The van der Waals surface area contributed by atoms with Crippen LogP contribution >= 0.6 is 0 Å². The molecule has 0 spiro atoms. The van der Waals surface area contributed by atoms with E-state index < -0.39 is 17.9 Å². The Labute approximate surface area is 186 Å². The van der Waals surface area contributed by atoms with Crippen molar-refractivity contribution in [1.29, 1.82) is 0 Å². The van der Waals surface area contributed by atoms with Crippen LogP contribution in [0.2, 0.25) is 0 Å². The normalized spacial score (nSPS) is 13.9. The second-order valence-electron chi connectivity index (χ2n) is 7.82. The van der Waals surface area contributed by atoms with Gasteiger partial charge in [-0.1, -0.05) is 12.1 Å². The number of benzene rings is 1. The Kier molecular flexibility index (Phi) is 8.18. The van der Waals surface area contributed by atoms with E-state index in [0.29, 0.717) is 31.4 Å². The van der Waals surface area contributed by atoms with Gasteiger partial charge < -0.3 is 26.5 Å². The van der Waals surface area contributed by atoms with Crippen molar-refractivity contribution in [3.63, 3.8) is 0 Å². The molecule has 9 heteroatoms. The number of amides is 1. The van der Waals surface area contributed by atoms with Crippen LogP contribution < -0.4 is 16.4 Å². The number of aromatic nitrogens is 3. The molecule has 7 N–H and O–H groups in total. The molecule has 0 saturated heterocycles.